The van der Waals surface area contributed by atoms with Crippen LogP contribution in [0.2, 0.25) is 0 Å². The van der Waals surface area contributed by atoms with Crippen LogP contribution in [0.5, 0.6) is 5.75 Å². The van der Waals surface area contributed by atoms with Gasteiger partial charge in [-0.3, -0.25) is 4.79 Å². The zero-order chi connectivity index (χ0) is 10.0. The second kappa shape index (κ2) is 3.87. The molecule has 0 amide bonds. The predicted molar refractivity (Wildman–Crippen MR) is 50.1 cm³/mol. The summed E-state index contributed by atoms with van der Waals surface area (Å²) in [5.41, 5.74) is 0.201. The summed E-state index contributed by atoms with van der Waals surface area (Å²) in [5.74, 6) is -1.31. The molecule has 0 bridgehead atoms. The molecule has 0 atom stereocenters. The average molecular weight is 247 g/mol. The molecule has 1 rings (SSSR count). The molecule has 0 unspecified atom stereocenters. The summed E-state index contributed by atoms with van der Waals surface area (Å²) in [6, 6.07) is 2.75. The van der Waals surface area contributed by atoms with Gasteiger partial charge in [-0.1, -0.05) is 15.9 Å². The summed E-state index contributed by atoms with van der Waals surface area (Å²) in [7, 11) is 0. The number of hydrogen-bond acceptors (Lipinski definition) is 2. The van der Waals surface area contributed by atoms with Crippen molar-refractivity contribution in [2.75, 3.05) is 0 Å². The molecule has 70 valence electrons. The Labute approximate surface area is 83.5 Å². The maximum atomic E-state index is 13.2. The normalized spacial score (nSPS) is 10.1. The minimum atomic E-state index is -0.732. The molecular formula is C9H8BrFO2. The van der Waals surface area contributed by atoms with Crippen molar-refractivity contribution < 1.29 is 14.3 Å². The van der Waals surface area contributed by atoms with Gasteiger partial charge in [-0.25, -0.2) is 4.39 Å². The van der Waals surface area contributed by atoms with Crippen LogP contribution in [0.15, 0.2) is 16.6 Å². The van der Waals surface area contributed by atoms with Gasteiger partial charge in [-0.15, -0.1) is 0 Å². The first-order valence-corrected chi connectivity index (χ1v) is 4.47. The standard InChI is InChI=1S/C9H8BrFO2/c1-5(12)4-6-7(10)2-3-8(13)9(6)11/h2-3,13H,4H2,1H3. The van der Waals surface area contributed by atoms with Crippen LogP contribution in [0.25, 0.3) is 0 Å². The third-order valence-electron chi connectivity index (χ3n) is 1.59. The molecule has 0 spiro atoms. The molecule has 0 aromatic heterocycles. The molecule has 0 radical (unpaired) electrons. The molecule has 0 aliphatic rings. The number of aromatic hydroxyl groups is 1. The van der Waals surface area contributed by atoms with Gasteiger partial charge in [0.1, 0.15) is 5.78 Å². The van der Waals surface area contributed by atoms with Crippen molar-refractivity contribution in [2.45, 2.75) is 13.3 Å². The van der Waals surface area contributed by atoms with E-state index in [1.54, 1.807) is 0 Å². The van der Waals surface area contributed by atoms with E-state index in [0.717, 1.165) is 0 Å². The summed E-state index contributed by atoms with van der Waals surface area (Å²) >= 11 is 3.11. The molecule has 1 aromatic carbocycles. The van der Waals surface area contributed by atoms with E-state index in [2.05, 4.69) is 15.9 Å². The third kappa shape index (κ3) is 2.28. The second-order valence-electron chi connectivity index (χ2n) is 2.74. The minimum Gasteiger partial charge on any atom is -0.505 e. The van der Waals surface area contributed by atoms with E-state index >= 15 is 0 Å². The van der Waals surface area contributed by atoms with Crippen molar-refractivity contribution in [1.29, 1.82) is 0 Å². The fourth-order valence-electron chi connectivity index (χ4n) is 0.996. The number of carbonyl (C=O) groups is 1. The molecule has 0 fully saturated rings. The van der Waals surface area contributed by atoms with Crippen LogP contribution in [0, 0.1) is 5.82 Å². The highest BCUT2D eigenvalue weighted by Gasteiger charge is 2.12. The number of ketones is 1. The summed E-state index contributed by atoms with van der Waals surface area (Å²) in [6.07, 6.45) is -0.0131. The van der Waals surface area contributed by atoms with Crippen LogP contribution in [0.1, 0.15) is 12.5 Å². The largest absolute Gasteiger partial charge is 0.505 e. The Hall–Kier alpha value is -0.900. The Morgan fingerprint density at radius 3 is 2.77 bits per heavy atom. The molecule has 4 heteroatoms. The van der Waals surface area contributed by atoms with Crippen LogP contribution in [-0.4, -0.2) is 10.9 Å². The molecule has 0 saturated carbocycles. The Bertz CT molecular complexity index is 350. The van der Waals surface area contributed by atoms with E-state index in [1.807, 2.05) is 0 Å². The monoisotopic (exact) mass is 246 g/mol. The van der Waals surface area contributed by atoms with Crippen molar-refractivity contribution >= 4 is 21.7 Å². The zero-order valence-electron chi connectivity index (χ0n) is 6.97. The molecular weight excluding hydrogens is 239 g/mol. The zero-order valence-corrected chi connectivity index (χ0v) is 8.56. The Balaban J connectivity index is 3.17. The van der Waals surface area contributed by atoms with Crippen molar-refractivity contribution in [2.24, 2.45) is 0 Å². The molecule has 0 saturated heterocycles. The number of rotatable bonds is 2. The van der Waals surface area contributed by atoms with E-state index in [0.29, 0.717) is 4.47 Å². The van der Waals surface area contributed by atoms with E-state index < -0.39 is 11.6 Å². The first-order valence-electron chi connectivity index (χ1n) is 3.67. The van der Waals surface area contributed by atoms with Crippen LogP contribution in [0.3, 0.4) is 0 Å². The van der Waals surface area contributed by atoms with E-state index in [9.17, 15) is 9.18 Å². The van der Waals surface area contributed by atoms with Crippen molar-refractivity contribution in [3.63, 3.8) is 0 Å². The van der Waals surface area contributed by atoms with Crippen LogP contribution >= 0.6 is 15.9 Å². The summed E-state index contributed by atoms with van der Waals surface area (Å²) in [4.78, 5) is 10.8. The molecule has 2 nitrogen and oxygen atoms in total. The van der Waals surface area contributed by atoms with Gasteiger partial charge in [0.2, 0.25) is 0 Å². The Morgan fingerprint density at radius 1 is 1.62 bits per heavy atom. The number of benzene rings is 1. The molecule has 0 aliphatic heterocycles. The fraction of sp³-hybridized carbons (Fsp3) is 0.222. The highest BCUT2D eigenvalue weighted by Crippen LogP contribution is 2.26. The van der Waals surface area contributed by atoms with Gasteiger partial charge < -0.3 is 5.11 Å². The van der Waals surface area contributed by atoms with E-state index in [-0.39, 0.29) is 17.8 Å². The van der Waals surface area contributed by atoms with Gasteiger partial charge in [-0.2, -0.15) is 0 Å². The fourth-order valence-corrected chi connectivity index (χ4v) is 1.44. The van der Waals surface area contributed by atoms with Crippen molar-refractivity contribution in [1.82, 2.24) is 0 Å². The summed E-state index contributed by atoms with van der Waals surface area (Å²) in [5, 5.41) is 9.03. The van der Waals surface area contributed by atoms with Gasteiger partial charge in [0.05, 0.1) is 0 Å². The van der Waals surface area contributed by atoms with Crippen molar-refractivity contribution in [3.8, 4) is 5.75 Å². The Kier molecular flexibility index (Phi) is 3.03. The van der Waals surface area contributed by atoms with Gasteiger partial charge in [0.25, 0.3) is 0 Å². The lowest BCUT2D eigenvalue weighted by Crippen LogP contribution is -2.00. The molecule has 1 N–H and O–H groups in total. The minimum absolute atomic E-state index is 0.0131. The van der Waals surface area contributed by atoms with Gasteiger partial charge in [-0.05, 0) is 19.1 Å². The lowest BCUT2D eigenvalue weighted by Gasteiger charge is -2.04. The maximum absolute atomic E-state index is 13.2. The van der Waals surface area contributed by atoms with Crippen LogP contribution in [0.4, 0.5) is 4.39 Å². The molecule has 0 heterocycles. The summed E-state index contributed by atoms with van der Waals surface area (Å²) < 4.78 is 13.7. The van der Waals surface area contributed by atoms with Gasteiger partial charge in [0.15, 0.2) is 11.6 Å². The first-order chi connectivity index (χ1) is 6.02. The summed E-state index contributed by atoms with van der Waals surface area (Å²) in [6.45, 7) is 1.37. The van der Waals surface area contributed by atoms with Crippen molar-refractivity contribution in [3.05, 3.63) is 28.0 Å². The lowest BCUT2D eigenvalue weighted by atomic mass is 10.1. The maximum Gasteiger partial charge on any atom is 0.169 e. The molecule has 1 aromatic rings. The van der Waals surface area contributed by atoms with Crippen LogP contribution < -0.4 is 0 Å². The van der Waals surface area contributed by atoms with Gasteiger partial charge in [0, 0.05) is 16.5 Å². The predicted octanol–water partition coefficient (Wildman–Crippen LogP) is 2.43. The number of halogens is 2. The second-order valence-corrected chi connectivity index (χ2v) is 3.59. The number of phenolic OH excluding ortho intramolecular Hbond substituents is 1. The number of phenols is 1. The third-order valence-corrected chi connectivity index (χ3v) is 2.33. The first kappa shape index (κ1) is 10.2. The number of Topliss-reactive ketones (excluding diaryl/α,β-unsaturated/α-hetero) is 1. The Morgan fingerprint density at radius 2 is 2.23 bits per heavy atom. The quantitative estimate of drug-likeness (QED) is 0.871. The number of carbonyl (C=O) groups excluding carboxylic acids is 1. The van der Waals surface area contributed by atoms with E-state index in [1.165, 1.54) is 19.1 Å². The van der Waals surface area contributed by atoms with Crippen LogP contribution in [-0.2, 0) is 11.2 Å². The molecule has 13 heavy (non-hydrogen) atoms. The SMILES string of the molecule is CC(=O)Cc1c(Br)ccc(O)c1F. The highest BCUT2D eigenvalue weighted by molar-refractivity contribution is 9.10. The topological polar surface area (TPSA) is 37.3 Å². The smallest absolute Gasteiger partial charge is 0.169 e. The van der Waals surface area contributed by atoms with E-state index in [4.69, 9.17) is 5.11 Å². The average Bonchev–Trinajstić information content (AvgIpc) is 2.05. The highest BCUT2D eigenvalue weighted by atomic mass is 79.9. The molecule has 0 aliphatic carbocycles. The lowest BCUT2D eigenvalue weighted by molar-refractivity contribution is -0.116. The number of hydrogen-bond donors (Lipinski definition) is 1. The van der Waals surface area contributed by atoms with Gasteiger partial charge >= 0.3 is 0 Å².